The van der Waals surface area contributed by atoms with Gasteiger partial charge in [-0.25, -0.2) is 4.79 Å². The van der Waals surface area contributed by atoms with E-state index in [4.69, 9.17) is 19.9 Å². The van der Waals surface area contributed by atoms with Gasteiger partial charge in [-0.3, -0.25) is 4.79 Å². The number of alkyl halides is 3. The first-order valence-electron chi connectivity index (χ1n) is 13.4. The van der Waals surface area contributed by atoms with Crippen molar-refractivity contribution in [3.63, 3.8) is 0 Å². The third-order valence-corrected chi connectivity index (χ3v) is 6.37. The number of hydrogen-bond donors (Lipinski definition) is 2. The van der Waals surface area contributed by atoms with Crippen LogP contribution < -0.4 is 20.1 Å². The zero-order chi connectivity index (χ0) is 30.4. The fourth-order valence-corrected chi connectivity index (χ4v) is 4.71. The molecule has 0 spiro atoms. The summed E-state index contributed by atoms with van der Waals surface area (Å²) < 4.78 is 54.2. The van der Waals surface area contributed by atoms with Crippen LogP contribution in [0.1, 0.15) is 49.2 Å². The summed E-state index contributed by atoms with van der Waals surface area (Å²) in [6.07, 6.45) is -4.02. The molecular formula is C29H38F3N3O6. The predicted molar refractivity (Wildman–Crippen MR) is 148 cm³/mol. The van der Waals surface area contributed by atoms with E-state index in [2.05, 4.69) is 0 Å². The van der Waals surface area contributed by atoms with Gasteiger partial charge in [-0.05, 0) is 69.9 Å². The first-order chi connectivity index (χ1) is 19.2. The zero-order valence-corrected chi connectivity index (χ0v) is 23.8. The summed E-state index contributed by atoms with van der Waals surface area (Å²) in [6.45, 7) is 6.64. The summed E-state index contributed by atoms with van der Waals surface area (Å²) in [6, 6.07) is 9.30. The average molecular weight is 582 g/mol. The van der Waals surface area contributed by atoms with Gasteiger partial charge in [0.2, 0.25) is 0 Å². The van der Waals surface area contributed by atoms with Gasteiger partial charge in [-0.2, -0.15) is 13.2 Å². The summed E-state index contributed by atoms with van der Waals surface area (Å²) in [4.78, 5) is 28.9. The highest BCUT2D eigenvalue weighted by atomic mass is 19.4. The average Bonchev–Trinajstić information content (AvgIpc) is 3.26. The highest BCUT2D eigenvalue weighted by molar-refractivity contribution is 6.00. The SMILES string of the molecule is C[C@H](Cc1cc2c(c(C(N)=O)c1)N(CCO)CC2)N(CCOc1ccccc1OCC(F)(F)F)C(=O)OC(C)(C)C. The molecule has 226 valence electrons. The first kappa shape index (κ1) is 31.9. The Morgan fingerprint density at radius 2 is 1.78 bits per heavy atom. The Kier molecular flexibility index (Phi) is 10.4. The van der Waals surface area contributed by atoms with Gasteiger partial charge in [0, 0.05) is 19.1 Å². The molecular weight excluding hydrogens is 543 g/mol. The minimum absolute atomic E-state index is 0.0389. The molecule has 1 atom stereocenters. The van der Waals surface area contributed by atoms with Gasteiger partial charge in [0.05, 0.1) is 24.4 Å². The number of para-hydroxylation sites is 2. The summed E-state index contributed by atoms with van der Waals surface area (Å²) in [7, 11) is 0. The van der Waals surface area contributed by atoms with Crippen LogP contribution in [0.15, 0.2) is 36.4 Å². The molecule has 2 aromatic rings. The van der Waals surface area contributed by atoms with Gasteiger partial charge in [0.25, 0.3) is 5.91 Å². The second-order valence-corrected chi connectivity index (χ2v) is 10.9. The van der Waals surface area contributed by atoms with Gasteiger partial charge in [0.1, 0.15) is 12.2 Å². The lowest BCUT2D eigenvalue weighted by Crippen LogP contribution is -2.45. The molecule has 0 aliphatic carbocycles. The van der Waals surface area contributed by atoms with Crippen molar-refractivity contribution in [2.45, 2.75) is 58.4 Å². The maximum atomic E-state index is 13.2. The number of fused-ring (bicyclic) bond motifs is 1. The molecule has 0 radical (unpaired) electrons. The molecule has 9 nitrogen and oxygen atoms in total. The van der Waals surface area contributed by atoms with Crippen LogP contribution in [0, 0.1) is 0 Å². The number of rotatable bonds is 12. The van der Waals surface area contributed by atoms with Crippen LogP contribution >= 0.6 is 0 Å². The normalized spacial score (nSPS) is 13.9. The number of carbonyl (C=O) groups is 2. The van der Waals surface area contributed by atoms with Crippen LogP contribution in [0.2, 0.25) is 0 Å². The Hall–Kier alpha value is -3.67. The second-order valence-electron chi connectivity index (χ2n) is 10.9. The standard InChI is InChI=1S/C29H38F3N3O6/c1-19(15-20-16-21-9-10-34(11-13-36)25(21)22(17-20)26(33)37)35(27(38)41-28(2,3)4)12-14-39-23-7-5-6-8-24(23)40-18-29(30,31)32/h5-8,16-17,19,36H,9-15,18H2,1-4H3,(H2,33,37)/t19-/m1/s1. The number of β-amino-alcohol motifs (C(OH)–C–C–N with tert-alkyl or cyclic N) is 1. The van der Waals surface area contributed by atoms with Crippen molar-refractivity contribution in [2.24, 2.45) is 5.73 Å². The molecule has 0 bridgehead atoms. The lowest BCUT2D eigenvalue weighted by molar-refractivity contribution is -0.153. The second kappa shape index (κ2) is 13.3. The third kappa shape index (κ3) is 9.17. The molecule has 3 rings (SSSR count). The largest absolute Gasteiger partial charge is 0.488 e. The van der Waals surface area contributed by atoms with Crippen LogP contribution in [0.5, 0.6) is 11.5 Å². The highest BCUT2D eigenvalue weighted by Crippen LogP contribution is 2.34. The molecule has 1 heterocycles. The minimum atomic E-state index is -4.50. The molecule has 0 unspecified atom stereocenters. The van der Waals surface area contributed by atoms with E-state index in [0.717, 1.165) is 16.8 Å². The Balaban J connectivity index is 1.78. The number of aliphatic hydroxyl groups is 1. The smallest absolute Gasteiger partial charge is 0.422 e. The van der Waals surface area contributed by atoms with Gasteiger partial charge < -0.3 is 34.9 Å². The molecule has 1 aliphatic heterocycles. The number of ether oxygens (including phenoxy) is 3. The number of hydrogen-bond acceptors (Lipinski definition) is 7. The molecule has 1 aliphatic rings. The molecule has 41 heavy (non-hydrogen) atoms. The van der Waals surface area contributed by atoms with Gasteiger partial charge in [-0.1, -0.05) is 18.2 Å². The number of benzene rings is 2. The number of nitrogens with two attached hydrogens (primary N) is 1. The highest BCUT2D eigenvalue weighted by Gasteiger charge is 2.30. The zero-order valence-electron chi connectivity index (χ0n) is 23.8. The van der Waals surface area contributed by atoms with Crippen molar-refractivity contribution in [3.8, 4) is 11.5 Å². The lowest BCUT2D eigenvalue weighted by Gasteiger charge is -2.32. The maximum absolute atomic E-state index is 13.2. The summed E-state index contributed by atoms with van der Waals surface area (Å²) in [5.74, 6) is -0.524. The van der Waals surface area contributed by atoms with Crippen LogP contribution in [-0.2, 0) is 17.6 Å². The van der Waals surface area contributed by atoms with E-state index < -0.39 is 36.4 Å². The molecule has 12 heteroatoms. The van der Waals surface area contributed by atoms with Crippen molar-refractivity contribution in [1.29, 1.82) is 0 Å². The van der Waals surface area contributed by atoms with E-state index >= 15 is 0 Å². The summed E-state index contributed by atoms with van der Waals surface area (Å²) in [5, 5.41) is 9.40. The Morgan fingerprint density at radius 3 is 2.37 bits per heavy atom. The van der Waals surface area contributed by atoms with Crippen molar-refractivity contribution < 1.29 is 42.1 Å². The van der Waals surface area contributed by atoms with Crippen molar-refractivity contribution in [1.82, 2.24) is 4.90 Å². The van der Waals surface area contributed by atoms with E-state index in [-0.39, 0.29) is 31.3 Å². The number of aliphatic hydroxyl groups excluding tert-OH is 1. The molecule has 0 fully saturated rings. The fourth-order valence-electron chi connectivity index (χ4n) is 4.71. The molecule has 0 aromatic heterocycles. The van der Waals surface area contributed by atoms with Gasteiger partial charge in [0.15, 0.2) is 18.1 Å². The van der Waals surface area contributed by atoms with Gasteiger partial charge in [-0.15, -0.1) is 0 Å². The van der Waals surface area contributed by atoms with E-state index in [1.54, 1.807) is 32.9 Å². The maximum Gasteiger partial charge on any atom is 0.422 e. The van der Waals surface area contributed by atoms with E-state index in [9.17, 15) is 27.9 Å². The number of anilines is 1. The fraction of sp³-hybridized carbons (Fsp3) is 0.517. The van der Waals surface area contributed by atoms with E-state index in [0.29, 0.717) is 31.5 Å². The Bertz CT molecular complexity index is 1220. The monoisotopic (exact) mass is 581 g/mol. The third-order valence-electron chi connectivity index (χ3n) is 6.37. The number of nitrogens with zero attached hydrogens (tertiary/aromatic N) is 2. The van der Waals surface area contributed by atoms with Crippen molar-refractivity contribution in [3.05, 3.63) is 53.1 Å². The summed E-state index contributed by atoms with van der Waals surface area (Å²) >= 11 is 0. The number of primary amides is 1. The molecule has 0 saturated heterocycles. The quantitative estimate of drug-likeness (QED) is 0.384. The Morgan fingerprint density at radius 1 is 1.12 bits per heavy atom. The molecule has 3 N–H and O–H groups in total. The van der Waals surface area contributed by atoms with Crippen LogP contribution in [0.25, 0.3) is 0 Å². The van der Waals surface area contributed by atoms with Crippen LogP contribution in [-0.4, -0.2) is 79.3 Å². The molecule has 2 aromatic carbocycles. The topological polar surface area (TPSA) is 115 Å². The lowest BCUT2D eigenvalue weighted by atomic mass is 9.97. The van der Waals surface area contributed by atoms with E-state index in [1.807, 2.05) is 17.9 Å². The van der Waals surface area contributed by atoms with E-state index in [1.165, 1.54) is 23.1 Å². The summed E-state index contributed by atoms with van der Waals surface area (Å²) in [5.41, 5.74) is 7.77. The van der Waals surface area contributed by atoms with Crippen molar-refractivity contribution >= 4 is 17.7 Å². The van der Waals surface area contributed by atoms with Crippen LogP contribution in [0.4, 0.5) is 23.7 Å². The Labute approximate surface area is 238 Å². The minimum Gasteiger partial charge on any atom is -0.488 e. The van der Waals surface area contributed by atoms with Crippen LogP contribution in [0.3, 0.4) is 0 Å². The van der Waals surface area contributed by atoms with Gasteiger partial charge >= 0.3 is 12.3 Å². The van der Waals surface area contributed by atoms with Crippen molar-refractivity contribution in [2.75, 3.05) is 44.4 Å². The first-order valence-corrected chi connectivity index (χ1v) is 13.4. The number of carbonyl (C=O) groups excluding carboxylic acids is 2. The number of amides is 2. The number of halogens is 3. The molecule has 2 amide bonds. The molecule has 0 saturated carbocycles. The predicted octanol–water partition coefficient (Wildman–Crippen LogP) is 4.33.